The van der Waals surface area contributed by atoms with E-state index in [9.17, 15) is 9.90 Å². The Bertz CT molecular complexity index is 677. The van der Waals surface area contributed by atoms with Gasteiger partial charge in [-0.05, 0) is 62.1 Å². The van der Waals surface area contributed by atoms with Crippen LogP contribution in [-0.4, -0.2) is 24.3 Å². The number of rotatable bonds is 8. The summed E-state index contributed by atoms with van der Waals surface area (Å²) >= 11 is 0. The van der Waals surface area contributed by atoms with Gasteiger partial charge in [-0.3, -0.25) is 4.79 Å². The molecule has 1 N–H and O–H groups in total. The molecule has 0 aliphatic carbocycles. The van der Waals surface area contributed by atoms with Crippen LogP contribution in [0.5, 0.6) is 11.5 Å². The minimum atomic E-state index is -0.826. The van der Waals surface area contributed by atoms with Gasteiger partial charge in [0.1, 0.15) is 11.5 Å². The van der Waals surface area contributed by atoms with Gasteiger partial charge in [0.2, 0.25) is 0 Å². The molecule has 2 aromatic rings. The largest absolute Gasteiger partial charge is 0.494 e. The van der Waals surface area contributed by atoms with Crippen molar-refractivity contribution in [2.75, 3.05) is 13.2 Å². The van der Waals surface area contributed by atoms with Crippen molar-refractivity contribution in [3.05, 3.63) is 59.2 Å². The highest BCUT2D eigenvalue weighted by Crippen LogP contribution is 2.27. The second kappa shape index (κ2) is 8.39. The van der Waals surface area contributed by atoms with Gasteiger partial charge in [-0.1, -0.05) is 24.3 Å². The maximum Gasteiger partial charge on any atom is 0.311 e. The van der Waals surface area contributed by atoms with Crippen LogP contribution in [0.4, 0.5) is 0 Å². The molecular weight excluding hydrogens is 304 g/mol. The normalized spacial score (nSPS) is 11.8. The zero-order valence-corrected chi connectivity index (χ0v) is 14.4. The van der Waals surface area contributed by atoms with Crippen molar-refractivity contribution in [1.82, 2.24) is 0 Å². The quantitative estimate of drug-likeness (QED) is 0.789. The highest BCUT2D eigenvalue weighted by atomic mass is 16.5. The van der Waals surface area contributed by atoms with Gasteiger partial charge in [-0.25, -0.2) is 0 Å². The molecule has 1 atom stereocenters. The third-order valence-corrected chi connectivity index (χ3v) is 3.87. The van der Waals surface area contributed by atoms with E-state index in [0.29, 0.717) is 19.6 Å². The molecule has 4 nitrogen and oxygen atoms in total. The van der Waals surface area contributed by atoms with E-state index in [2.05, 4.69) is 0 Å². The monoisotopic (exact) mass is 328 g/mol. The lowest BCUT2D eigenvalue weighted by atomic mass is 9.91. The molecule has 0 fully saturated rings. The molecule has 0 saturated heterocycles. The van der Waals surface area contributed by atoms with Crippen LogP contribution in [0.2, 0.25) is 0 Å². The lowest BCUT2D eigenvalue weighted by molar-refractivity contribution is -0.138. The maximum absolute atomic E-state index is 11.7. The second-order valence-electron chi connectivity index (χ2n) is 5.63. The molecule has 4 heteroatoms. The first-order valence-electron chi connectivity index (χ1n) is 8.23. The number of benzene rings is 2. The van der Waals surface area contributed by atoms with Gasteiger partial charge >= 0.3 is 5.97 Å². The molecule has 2 aromatic carbocycles. The van der Waals surface area contributed by atoms with Crippen molar-refractivity contribution in [3.63, 3.8) is 0 Å². The van der Waals surface area contributed by atoms with Gasteiger partial charge in [-0.2, -0.15) is 0 Å². The standard InChI is InChI=1S/C20H24O4/c1-4-23-17-9-6-15(7-10-17)13-18(20(21)22)16-8-11-19(24-5-2)14(3)12-16/h6-12,18H,4-5,13H2,1-3H3,(H,21,22). The molecule has 0 heterocycles. The van der Waals surface area contributed by atoms with Gasteiger partial charge in [0, 0.05) is 0 Å². The van der Waals surface area contributed by atoms with Gasteiger partial charge in [-0.15, -0.1) is 0 Å². The number of aryl methyl sites for hydroxylation is 1. The van der Waals surface area contributed by atoms with Crippen molar-refractivity contribution in [3.8, 4) is 11.5 Å². The zero-order valence-electron chi connectivity index (χ0n) is 14.4. The Balaban J connectivity index is 2.20. The van der Waals surface area contributed by atoms with Crippen LogP contribution in [0.1, 0.15) is 36.5 Å². The summed E-state index contributed by atoms with van der Waals surface area (Å²) in [5, 5.41) is 9.63. The lowest BCUT2D eigenvalue weighted by Gasteiger charge is -2.16. The van der Waals surface area contributed by atoms with Crippen molar-refractivity contribution in [1.29, 1.82) is 0 Å². The molecule has 0 aromatic heterocycles. The predicted molar refractivity (Wildman–Crippen MR) is 94.0 cm³/mol. The molecule has 0 aliphatic rings. The Kier molecular flexibility index (Phi) is 6.24. The third-order valence-electron chi connectivity index (χ3n) is 3.87. The minimum Gasteiger partial charge on any atom is -0.494 e. The number of ether oxygens (including phenoxy) is 2. The van der Waals surface area contributed by atoms with E-state index >= 15 is 0 Å². The van der Waals surface area contributed by atoms with Crippen LogP contribution in [-0.2, 0) is 11.2 Å². The molecule has 0 radical (unpaired) electrons. The molecule has 0 spiro atoms. The number of carboxylic acid groups (broad SMARTS) is 1. The Morgan fingerprint density at radius 2 is 1.71 bits per heavy atom. The number of carboxylic acids is 1. The van der Waals surface area contributed by atoms with Crippen LogP contribution < -0.4 is 9.47 Å². The Hall–Kier alpha value is -2.49. The molecule has 128 valence electrons. The van der Waals surface area contributed by atoms with E-state index in [1.165, 1.54) is 0 Å². The molecule has 0 bridgehead atoms. The Labute approximate surface area is 143 Å². The fraction of sp³-hybridized carbons (Fsp3) is 0.350. The number of aliphatic carboxylic acids is 1. The summed E-state index contributed by atoms with van der Waals surface area (Å²) in [4.78, 5) is 11.7. The van der Waals surface area contributed by atoms with Crippen LogP contribution >= 0.6 is 0 Å². The Morgan fingerprint density at radius 1 is 1.04 bits per heavy atom. The highest BCUT2D eigenvalue weighted by molar-refractivity contribution is 5.76. The number of hydrogen-bond donors (Lipinski definition) is 1. The first-order chi connectivity index (χ1) is 11.5. The van der Waals surface area contributed by atoms with Gasteiger partial charge in [0.25, 0.3) is 0 Å². The van der Waals surface area contributed by atoms with Crippen molar-refractivity contribution < 1.29 is 19.4 Å². The topological polar surface area (TPSA) is 55.8 Å². The minimum absolute atomic E-state index is 0.440. The van der Waals surface area contributed by atoms with E-state index in [1.54, 1.807) is 0 Å². The second-order valence-corrected chi connectivity index (χ2v) is 5.63. The molecule has 1 unspecified atom stereocenters. The summed E-state index contributed by atoms with van der Waals surface area (Å²) in [6.07, 6.45) is 0.440. The van der Waals surface area contributed by atoms with Gasteiger partial charge in [0.05, 0.1) is 19.1 Å². The summed E-state index contributed by atoms with van der Waals surface area (Å²) < 4.78 is 10.9. The SMILES string of the molecule is CCOc1ccc(CC(C(=O)O)c2ccc(OCC)c(C)c2)cc1. The van der Waals surface area contributed by atoms with E-state index in [0.717, 1.165) is 28.2 Å². The van der Waals surface area contributed by atoms with Crippen LogP contribution in [0.15, 0.2) is 42.5 Å². The first kappa shape index (κ1) is 17.9. The van der Waals surface area contributed by atoms with Gasteiger partial charge in [0.15, 0.2) is 0 Å². The summed E-state index contributed by atoms with van der Waals surface area (Å²) in [6, 6.07) is 13.2. The molecule has 0 aliphatic heterocycles. The summed E-state index contributed by atoms with van der Waals surface area (Å²) in [7, 11) is 0. The van der Waals surface area contributed by atoms with Crippen molar-refractivity contribution in [2.45, 2.75) is 33.1 Å². The first-order valence-corrected chi connectivity index (χ1v) is 8.23. The van der Waals surface area contributed by atoms with E-state index in [-0.39, 0.29) is 0 Å². The highest BCUT2D eigenvalue weighted by Gasteiger charge is 2.21. The average molecular weight is 328 g/mol. The molecule has 0 amide bonds. The third kappa shape index (κ3) is 4.51. The fourth-order valence-electron chi connectivity index (χ4n) is 2.68. The Morgan fingerprint density at radius 3 is 2.25 bits per heavy atom. The van der Waals surface area contributed by atoms with Gasteiger partial charge < -0.3 is 14.6 Å². The number of hydrogen-bond acceptors (Lipinski definition) is 3. The van der Waals surface area contributed by atoms with Crippen LogP contribution in [0.3, 0.4) is 0 Å². The lowest BCUT2D eigenvalue weighted by Crippen LogP contribution is -2.14. The van der Waals surface area contributed by atoms with E-state index < -0.39 is 11.9 Å². The smallest absolute Gasteiger partial charge is 0.311 e. The van der Waals surface area contributed by atoms with Crippen molar-refractivity contribution >= 4 is 5.97 Å². The summed E-state index contributed by atoms with van der Waals surface area (Å²) in [5.41, 5.74) is 2.71. The van der Waals surface area contributed by atoms with E-state index in [1.807, 2.05) is 63.2 Å². The summed E-state index contributed by atoms with van der Waals surface area (Å²) in [6.45, 7) is 7.00. The molecule has 24 heavy (non-hydrogen) atoms. The average Bonchev–Trinajstić information content (AvgIpc) is 2.56. The van der Waals surface area contributed by atoms with Crippen LogP contribution in [0.25, 0.3) is 0 Å². The molecular formula is C20H24O4. The van der Waals surface area contributed by atoms with Crippen molar-refractivity contribution in [2.24, 2.45) is 0 Å². The maximum atomic E-state index is 11.7. The zero-order chi connectivity index (χ0) is 17.5. The number of carbonyl (C=O) groups is 1. The van der Waals surface area contributed by atoms with Crippen LogP contribution in [0, 0.1) is 6.92 Å². The fourth-order valence-corrected chi connectivity index (χ4v) is 2.68. The predicted octanol–water partition coefficient (Wildman–Crippen LogP) is 4.20. The van der Waals surface area contributed by atoms with E-state index in [4.69, 9.17) is 9.47 Å². The summed E-state index contributed by atoms with van der Waals surface area (Å²) in [5.74, 6) is 0.182. The molecule has 2 rings (SSSR count). The molecule has 0 saturated carbocycles.